The predicted octanol–water partition coefficient (Wildman–Crippen LogP) is 3.48. The van der Waals surface area contributed by atoms with Gasteiger partial charge in [-0.3, -0.25) is 9.47 Å². The third-order valence-corrected chi connectivity index (χ3v) is 5.36. The van der Waals surface area contributed by atoms with Crippen molar-refractivity contribution in [2.24, 2.45) is 0 Å². The number of hydrogen-bond acceptors (Lipinski definition) is 5. The van der Waals surface area contributed by atoms with Crippen LogP contribution in [0.25, 0.3) is 22.4 Å². The van der Waals surface area contributed by atoms with Gasteiger partial charge in [0.1, 0.15) is 17.0 Å². The molecule has 11 heteroatoms. The van der Waals surface area contributed by atoms with Crippen LogP contribution in [0.4, 0.5) is 13.2 Å². The second-order valence-corrected chi connectivity index (χ2v) is 7.57. The van der Waals surface area contributed by atoms with Crippen LogP contribution in [-0.2, 0) is 6.54 Å². The number of methoxy groups -OCH3 is 1. The number of aromatic carboxylic acids is 1. The molecular weight excluding hydrogens is 429 g/mol. The summed E-state index contributed by atoms with van der Waals surface area (Å²) in [5.41, 5.74) is -0.185. The van der Waals surface area contributed by atoms with E-state index in [1.54, 1.807) is 11.1 Å². The average molecular weight is 448 g/mol. The van der Waals surface area contributed by atoms with Gasteiger partial charge in [-0.25, -0.2) is 13.9 Å². The number of fused-ring (bicyclic) bond motifs is 3. The van der Waals surface area contributed by atoms with Crippen LogP contribution < -0.4 is 15.2 Å². The summed E-state index contributed by atoms with van der Waals surface area (Å²) in [6.45, 7) is 1.12. The Morgan fingerprint density at radius 2 is 1.94 bits per heavy atom. The van der Waals surface area contributed by atoms with Crippen molar-refractivity contribution in [1.29, 1.82) is 0 Å². The summed E-state index contributed by atoms with van der Waals surface area (Å²) < 4.78 is 48.4. The van der Waals surface area contributed by atoms with E-state index in [-0.39, 0.29) is 24.0 Å². The number of rotatable bonds is 5. The van der Waals surface area contributed by atoms with Crippen molar-refractivity contribution in [3.8, 4) is 28.1 Å². The molecule has 168 valence electrons. The number of carboxylic acid groups (broad SMARTS) is 1. The standard InChI is InChI=1S/C21H19F3N4O4/c1-10(2)27-8-11-4-13(12-6-25-26(7-12)21(23)24)16(32-3)5-14(11)18-17(22)19(29)15(20(30)31)9-28(18)27/h4-7,9-10,21H,8H2,1-3H3,(H,30,31). The molecule has 0 aliphatic carbocycles. The summed E-state index contributed by atoms with van der Waals surface area (Å²) in [5, 5.41) is 14.7. The molecule has 3 heterocycles. The van der Waals surface area contributed by atoms with Gasteiger partial charge in [-0.15, -0.1) is 0 Å². The van der Waals surface area contributed by atoms with Crippen molar-refractivity contribution >= 4 is 5.97 Å². The highest BCUT2D eigenvalue weighted by atomic mass is 19.3. The van der Waals surface area contributed by atoms with Crippen LogP contribution in [0.1, 0.15) is 36.3 Å². The molecule has 0 spiro atoms. The van der Waals surface area contributed by atoms with E-state index in [4.69, 9.17) is 4.74 Å². The van der Waals surface area contributed by atoms with Crippen molar-refractivity contribution in [1.82, 2.24) is 14.5 Å². The maximum absolute atomic E-state index is 15.2. The first kappa shape index (κ1) is 21.5. The highest BCUT2D eigenvalue weighted by Crippen LogP contribution is 2.40. The van der Waals surface area contributed by atoms with Crippen LogP contribution in [-0.4, -0.2) is 38.7 Å². The van der Waals surface area contributed by atoms with Gasteiger partial charge in [0.15, 0.2) is 5.82 Å². The molecule has 32 heavy (non-hydrogen) atoms. The first-order valence-electron chi connectivity index (χ1n) is 9.63. The fraction of sp³-hybridized carbons (Fsp3) is 0.286. The molecule has 0 unspecified atom stereocenters. The second kappa shape index (κ2) is 7.74. The third kappa shape index (κ3) is 3.29. The monoisotopic (exact) mass is 448 g/mol. The quantitative estimate of drug-likeness (QED) is 0.643. The number of carbonyl (C=O) groups is 1. The number of pyridine rings is 1. The Bertz CT molecular complexity index is 1280. The van der Waals surface area contributed by atoms with Gasteiger partial charge in [-0.2, -0.15) is 13.9 Å². The molecule has 2 aromatic heterocycles. The van der Waals surface area contributed by atoms with Gasteiger partial charge < -0.3 is 14.9 Å². The lowest BCUT2D eigenvalue weighted by Gasteiger charge is -2.38. The zero-order valence-corrected chi connectivity index (χ0v) is 17.3. The van der Waals surface area contributed by atoms with Crippen molar-refractivity contribution in [2.45, 2.75) is 33.0 Å². The van der Waals surface area contributed by atoms with E-state index < -0.39 is 29.3 Å². The van der Waals surface area contributed by atoms with E-state index >= 15 is 4.39 Å². The van der Waals surface area contributed by atoms with Gasteiger partial charge in [-0.05, 0) is 31.5 Å². The van der Waals surface area contributed by atoms with Gasteiger partial charge in [0.2, 0.25) is 5.43 Å². The van der Waals surface area contributed by atoms with Crippen molar-refractivity contribution in [3.05, 3.63) is 57.9 Å². The molecule has 0 fully saturated rings. The molecule has 1 N–H and O–H groups in total. The number of aromatic nitrogens is 3. The first-order chi connectivity index (χ1) is 15.1. The van der Waals surface area contributed by atoms with Crippen LogP contribution in [0, 0.1) is 5.82 Å². The topological polar surface area (TPSA) is 89.6 Å². The minimum atomic E-state index is -2.81. The highest BCUT2D eigenvalue weighted by Gasteiger charge is 2.31. The smallest absolute Gasteiger partial charge is 0.341 e. The van der Waals surface area contributed by atoms with E-state index in [1.165, 1.54) is 30.2 Å². The third-order valence-electron chi connectivity index (χ3n) is 5.36. The van der Waals surface area contributed by atoms with Crippen LogP contribution in [0.5, 0.6) is 5.75 Å². The Labute approximate surface area is 180 Å². The normalized spacial score (nSPS) is 12.8. The van der Waals surface area contributed by atoms with Crippen molar-refractivity contribution < 1.29 is 27.8 Å². The Kier molecular flexibility index (Phi) is 5.19. The molecule has 0 radical (unpaired) electrons. The van der Waals surface area contributed by atoms with E-state index in [9.17, 15) is 23.5 Å². The van der Waals surface area contributed by atoms with Crippen LogP contribution in [0.3, 0.4) is 0 Å². The summed E-state index contributed by atoms with van der Waals surface area (Å²) in [4.78, 5) is 23.8. The minimum Gasteiger partial charge on any atom is -0.496 e. The second-order valence-electron chi connectivity index (χ2n) is 7.57. The van der Waals surface area contributed by atoms with Crippen LogP contribution in [0.2, 0.25) is 0 Å². The lowest BCUT2D eigenvalue weighted by atomic mass is 9.95. The molecule has 0 amide bonds. The van der Waals surface area contributed by atoms with E-state index in [1.807, 2.05) is 13.8 Å². The van der Waals surface area contributed by atoms with Gasteiger partial charge in [0, 0.05) is 35.1 Å². The van der Waals surface area contributed by atoms with Gasteiger partial charge in [-0.1, -0.05) is 0 Å². The minimum absolute atomic E-state index is 0.0944. The lowest BCUT2D eigenvalue weighted by molar-refractivity contribution is 0.0566. The predicted molar refractivity (Wildman–Crippen MR) is 109 cm³/mol. The van der Waals surface area contributed by atoms with Crippen molar-refractivity contribution in [2.75, 3.05) is 12.1 Å². The number of carboxylic acids is 1. The number of halogens is 3. The summed E-state index contributed by atoms with van der Waals surface area (Å²) in [6, 6.07) is 3.00. The summed E-state index contributed by atoms with van der Waals surface area (Å²) in [7, 11) is 1.38. The number of benzene rings is 1. The molecule has 0 saturated carbocycles. The molecule has 1 aromatic carbocycles. The van der Waals surface area contributed by atoms with Gasteiger partial charge in [0.25, 0.3) is 0 Å². The van der Waals surface area contributed by atoms with Crippen molar-refractivity contribution in [3.63, 3.8) is 0 Å². The zero-order valence-electron chi connectivity index (χ0n) is 17.3. The average Bonchev–Trinajstić information content (AvgIpc) is 3.24. The van der Waals surface area contributed by atoms with Crippen LogP contribution >= 0.6 is 0 Å². The number of ether oxygens (including phenoxy) is 1. The summed E-state index contributed by atoms with van der Waals surface area (Å²) >= 11 is 0. The Balaban J connectivity index is 1.99. The largest absolute Gasteiger partial charge is 0.496 e. The van der Waals surface area contributed by atoms with E-state index in [2.05, 4.69) is 5.10 Å². The fourth-order valence-corrected chi connectivity index (χ4v) is 3.80. The molecule has 4 rings (SSSR count). The van der Waals surface area contributed by atoms with E-state index in [0.29, 0.717) is 26.9 Å². The fourth-order valence-electron chi connectivity index (χ4n) is 3.80. The number of hydrogen-bond donors (Lipinski definition) is 1. The molecule has 1 aliphatic rings. The zero-order chi connectivity index (χ0) is 23.3. The molecule has 3 aromatic rings. The molecule has 1 aliphatic heterocycles. The number of alkyl halides is 2. The molecular formula is C21H19F3N4O4. The molecule has 0 saturated heterocycles. The highest BCUT2D eigenvalue weighted by molar-refractivity contribution is 5.88. The lowest BCUT2D eigenvalue weighted by Crippen LogP contribution is -2.45. The summed E-state index contributed by atoms with van der Waals surface area (Å²) in [6.07, 6.45) is 3.56. The Morgan fingerprint density at radius 1 is 1.22 bits per heavy atom. The Morgan fingerprint density at radius 3 is 2.50 bits per heavy atom. The van der Waals surface area contributed by atoms with E-state index in [0.717, 1.165) is 6.20 Å². The molecule has 8 nitrogen and oxygen atoms in total. The van der Waals surface area contributed by atoms with Gasteiger partial charge >= 0.3 is 12.5 Å². The molecule has 0 bridgehead atoms. The Hall–Kier alpha value is -3.76. The maximum Gasteiger partial charge on any atom is 0.341 e. The first-order valence-corrected chi connectivity index (χ1v) is 9.63. The SMILES string of the molecule is COc1cc2c(cc1-c1cnn(C(F)F)c1)CN(C(C)C)n1cc(C(=O)O)c(=O)c(F)c1-2. The maximum atomic E-state index is 15.2. The molecule has 0 atom stereocenters. The summed E-state index contributed by atoms with van der Waals surface area (Å²) in [5.74, 6) is -2.46. The van der Waals surface area contributed by atoms with Crippen LogP contribution in [0.15, 0.2) is 35.5 Å². The van der Waals surface area contributed by atoms with Gasteiger partial charge in [0.05, 0.1) is 19.9 Å². The number of nitrogens with zero attached hydrogens (tertiary/aromatic N) is 4.